The van der Waals surface area contributed by atoms with Crippen LogP contribution in [0.15, 0.2) is 36.4 Å². The zero-order valence-corrected chi connectivity index (χ0v) is 13.4. The van der Waals surface area contributed by atoms with Gasteiger partial charge in [-0.3, -0.25) is 4.79 Å². The van der Waals surface area contributed by atoms with E-state index in [2.05, 4.69) is 9.50 Å². The molecular formula is C15H14F3NO4S. The Labute approximate surface area is 136 Å². The molecule has 0 spiro atoms. The Morgan fingerprint density at radius 3 is 2.46 bits per heavy atom. The molecule has 0 fully saturated rings. The molecule has 0 unspecified atom stereocenters. The predicted molar refractivity (Wildman–Crippen MR) is 81.9 cm³/mol. The maximum atomic E-state index is 12.6. The van der Waals surface area contributed by atoms with Gasteiger partial charge in [0.1, 0.15) is 5.75 Å². The van der Waals surface area contributed by atoms with Gasteiger partial charge >= 0.3 is 15.6 Å². The number of hydrogen-bond acceptors (Lipinski definition) is 4. The van der Waals surface area contributed by atoms with Crippen LogP contribution in [0.5, 0.6) is 5.75 Å². The van der Waals surface area contributed by atoms with Gasteiger partial charge in [-0.15, -0.1) is 0 Å². The van der Waals surface area contributed by atoms with Gasteiger partial charge in [0.05, 0.1) is 0 Å². The lowest BCUT2D eigenvalue weighted by Crippen LogP contribution is -2.28. The number of carbonyl (C=O) groups excluding carboxylic acids is 1. The second-order valence-corrected chi connectivity index (χ2v) is 6.52. The normalized spacial score (nSPS) is 12.2. The lowest BCUT2D eigenvalue weighted by molar-refractivity contribution is -0.118. The lowest BCUT2D eigenvalue weighted by Gasteiger charge is -2.15. The Hall–Kier alpha value is -2.29. The van der Waals surface area contributed by atoms with E-state index in [4.69, 9.17) is 0 Å². The monoisotopic (exact) mass is 361 g/mol. The Morgan fingerprint density at radius 1 is 1.17 bits per heavy atom. The Balaban J connectivity index is 2.47. The molecular weight excluding hydrogens is 347 g/mol. The summed E-state index contributed by atoms with van der Waals surface area (Å²) in [6.07, 6.45) is 0.115. The molecule has 0 aliphatic carbocycles. The van der Waals surface area contributed by atoms with E-state index in [-0.39, 0.29) is 24.4 Å². The first kappa shape index (κ1) is 18.1. The minimum atomic E-state index is -5.77. The smallest absolute Gasteiger partial charge is 0.376 e. The van der Waals surface area contributed by atoms with E-state index in [0.29, 0.717) is 10.8 Å². The van der Waals surface area contributed by atoms with Crippen molar-refractivity contribution in [3.05, 3.63) is 42.0 Å². The minimum absolute atomic E-state index is 0.115. The molecule has 0 atom stereocenters. The number of benzene rings is 2. The van der Waals surface area contributed by atoms with Gasteiger partial charge in [0.25, 0.3) is 0 Å². The third-order valence-electron chi connectivity index (χ3n) is 3.23. The second kappa shape index (κ2) is 6.68. The van der Waals surface area contributed by atoms with Crippen molar-refractivity contribution in [2.24, 2.45) is 0 Å². The lowest BCUT2D eigenvalue weighted by atomic mass is 10.0. The first-order valence-corrected chi connectivity index (χ1v) is 8.28. The zero-order valence-electron chi connectivity index (χ0n) is 12.6. The molecule has 0 saturated heterocycles. The number of rotatable bonds is 5. The molecule has 2 aromatic carbocycles. The molecule has 0 aliphatic rings. The van der Waals surface area contributed by atoms with Crippen molar-refractivity contribution in [3.63, 3.8) is 0 Å². The number of carbonyl (C=O) groups is 1. The summed E-state index contributed by atoms with van der Waals surface area (Å²) < 4.78 is 64.5. The molecule has 0 bridgehead atoms. The molecule has 2 aromatic rings. The summed E-state index contributed by atoms with van der Waals surface area (Å²) in [5, 5.41) is 3.78. The second-order valence-electron chi connectivity index (χ2n) is 4.98. The molecule has 130 valence electrons. The Bertz CT molecular complexity index is 863. The largest absolute Gasteiger partial charge is 0.534 e. The van der Waals surface area contributed by atoms with Gasteiger partial charge in [0.15, 0.2) is 0 Å². The number of alkyl halides is 3. The molecule has 5 nitrogen and oxygen atoms in total. The Morgan fingerprint density at radius 2 is 1.83 bits per heavy atom. The molecule has 0 aromatic heterocycles. The summed E-state index contributed by atoms with van der Waals surface area (Å²) in [6, 6.07) is 9.44. The van der Waals surface area contributed by atoms with Gasteiger partial charge in [-0.1, -0.05) is 30.3 Å². The number of amides is 1. The van der Waals surface area contributed by atoms with Crippen molar-refractivity contribution in [2.45, 2.75) is 18.9 Å². The van der Waals surface area contributed by atoms with Crippen LogP contribution in [0.3, 0.4) is 0 Å². The fourth-order valence-corrected chi connectivity index (χ4v) is 2.67. The van der Waals surface area contributed by atoms with Gasteiger partial charge in [-0.05, 0) is 23.3 Å². The van der Waals surface area contributed by atoms with Crippen molar-refractivity contribution in [1.29, 1.82) is 0 Å². The molecule has 0 radical (unpaired) electrons. The summed E-state index contributed by atoms with van der Waals surface area (Å²) >= 11 is 0. The highest BCUT2D eigenvalue weighted by Crippen LogP contribution is 2.33. The van der Waals surface area contributed by atoms with Crippen LogP contribution in [0.4, 0.5) is 13.2 Å². The van der Waals surface area contributed by atoms with Crippen LogP contribution in [-0.4, -0.2) is 26.4 Å². The predicted octanol–water partition coefficient (Wildman–Crippen LogP) is 2.75. The van der Waals surface area contributed by atoms with Crippen molar-refractivity contribution in [2.75, 3.05) is 6.54 Å². The van der Waals surface area contributed by atoms with E-state index in [0.717, 1.165) is 0 Å². The van der Waals surface area contributed by atoms with Gasteiger partial charge in [0.2, 0.25) is 5.91 Å². The van der Waals surface area contributed by atoms with Gasteiger partial charge in [-0.25, -0.2) is 0 Å². The number of halogens is 3. The number of nitrogens with one attached hydrogen (secondary N) is 1. The summed E-state index contributed by atoms with van der Waals surface area (Å²) in [5.41, 5.74) is -5.25. The standard InChI is InChI=1S/C15H14F3NO4S/c1-10(20)19-9-8-13-12-5-3-2-4-11(12)6-7-14(13)23-24(21,22)15(16,17)18/h2-7H,8-9H2,1H3,(H,19,20). The number of fused-ring (bicyclic) bond motifs is 1. The van der Waals surface area contributed by atoms with Crippen LogP contribution < -0.4 is 9.50 Å². The molecule has 24 heavy (non-hydrogen) atoms. The summed E-state index contributed by atoms with van der Waals surface area (Å²) in [6.45, 7) is 1.43. The molecule has 2 rings (SSSR count). The fraction of sp³-hybridized carbons (Fsp3) is 0.267. The third kappa shape index (κ3) is 3.97. The molecule has 0 saturated carbocycles. The van der Waals surface area contributed by atoms with E-state index < -0.39 is 21.4 Å². The molecule has 1 amide bonds. The first-order valence-electron chi connectivity index (χ1n) is 6.87. The number of hydrogen-bond donors (Lipinski definition) is 1. The van der Waals surface area contributed by atoms with E-state index in [1.165, 1.54) is 19.1 Å². The average molecular weight is 361 g/mol. The average Bonchev–Trinajstić information content (AvgIpc) is 2.47. The van der Waals surface area contributed by atoms with Crippen molar-refractivity contribution in [1.82, 2.24) is 5.32 Å². The van der Waals surface area contributed by atoms with E-state index >= 15 is 0 Å². The quantitative estimate of drug-likeness (QED) is 0.657. The van der Waals surface area contributed by atoms with E-state index in [9.17, 15) is 26.4 Å². The SMILES string of the molecule is CC(=O)NCCc1c(OS(=O)(=O)C(F)(F)F)ccc2ccccc12. The van der Waals surface area contributed by atoms with E-state index in [1.54, 1.807) is 24.3 Å². The third-order valence-corrected chi connectivity index (χ3v) is 4.20. The molecule has 9 heteroatoms. The van der Waals surface area contributed by atoms with Gasteiger partial charge in [0, 0.05) is 19.0 Å². The van der Waals surface area contributed by atoms with Crippen LogP contribution >= 0.6 is 0 Å². The highest BCUT2D eigenvalue weighted by atomic mass is 32.2. The van der Waals surface area contributed by atoms with Crippen molar-refractivity contribution >= 4 is 26.8 Å². The fourth-order valence-electron chi connectivity index (χ4n) is 2.18. The maximum absolute atomic E-state index is 12.6. The zero-order chi connectivity index (χ0) is 18.0. The first-order chi connectivity index (χ1) is 11.1. The summed E-state index contributed by atoms with van der Waals surface area (Å²) in [5.74, 6) is -0.711. The van der Waals surface area contributed by atoms with Crippen molar-refractivity contribution in [3.8, 4) is 5.75 Å². The van der Waals surface area contributed by atoms with E-state index in [1.807, 2.05) is 0 Å². The minimum Gasteiger partial charge on any atom is -0.376 e. The van der Waals surface area contributed by atoms with Crippen molar-refractivity contribution < 1.29 is 30.6 Å². The maximum Gasteiger partial charge on any atom is 0.534 e. The van der Waals surface area contributed by atoms with Gasteiger partial charge < -0.3 is 9.50 Å². The van der Waals surface area contributed by atoms with Crippen LogP contribution in [0.1, 0.15) is 12.5 Å². The highest BCUT2D eigenvalue weighted by Gasteiger charge is 2.48. The highest BCUT2D eigenvalue weighted by molar-refractivity contribution is 7.88. The molecule has 0 aliphatic heterocycles. The van der Waals surface area contributed by atoms with Crippen LogP contribution in [0.25, 0.3) is 10.8 Å². The molecule has 1 N–H and O–H groups in total. The summed E-state index contributed by atoms with van der Waals surface area (Å²) in [4.78, 5) is 11.0. The van der Waals surface area contributed by atoms with Gasteiger partial charge in [-0.2, -0.15) is 21.6 Å². The Kier molecular flexibility index (Phi) is 5.02. The van der Waals surface area contributed by atoms with Crippen LogP contribution in [0, 0.1) is 0 Å². The van der Waals surface area contributed by atoms with Crippen LogP contribution in [-0.2, 0) is 21.3 Å². The summed E-state index contributed by atoms with van der Waals surface area (Å²) in [7, 11) is -5.77. The van der Waals surface area contributed by atoms with Crippen LogP contribution in [0.2, 0.25) is 0 Å². The molecule has 0 heterocycles. The topological polar surface area (TPSA) is 72.5 Å².